The second-order valence-electron chi connectivity index (χ2n) is 4.85. The zero-order chi connectivity index (χ0) is 16.6. The third-order valence-corrected chi connectivity index (χ3v) is 5.38. The number of aliphatic carboxylic acids is 1. The zero-order valence-corrected chi connectivity index (χ0v) is 14.3. The molecule has 0 atom stereocenters. The van der Waals surface area contributed by atoms with Crippen LogP contribution in [0.2, 0.25) is 5.02 Å². The molecule has 0 spiro atoms. The standard InChI is InChI=1S/C15H11ClN2O3S2/c1-7-4-8(2-3-10(7)16)9-5-22-14-12(9)13(21)17-15(18-14)23-6-11(19)20/h2-5H,6H2,1H3,(H,19,20)(H,17,18,21). The Morgan fingerprint density at radius 1 is 1.48 bits per heavy atom. The first-order chi connectivity index (χ1) is 11.0. The molecule has 0 saturated heterocycles. The molecule has 2 aromatic heterocycles. The highest BCUT2D eigenvalue weighted by molar-refractivity contribution is 7.99. The van der Waals surface area contributed by atoms with Gasteiger partial charge >= 0.3 is 5.97 Å². The number of hydrogen-bond acceptors (Lipinski definition) is 5. The molecule has 118 valence electrons. The largest absolute Gasteiger partial charge is 0.481 e. The van der Waals surface area contributed by atoms with Crippen molar-refractivity contribution in [2.75, 3.05) is 5.75 Å². The van der Waals surface area contributed by atoms with E-state index < -0.39 is 5.97 Å². The Labute approximate surface area is 144 Å². The number of aromatic amines is 1. The molecule has 1 aromatic carbocycles. The first kappa shape index (κ1) is 16.0. The van der Waals surface area contributed by atoms with Crippen molar-refractivity contribution in [3.63, 3.8) is 0 Å². The second-order valence-corrected chi connectivity index (χ2v) is 7.08. The fourth-order valence-electron chi connectivity index (χ4n) is 2.15. The Morgan fingerprint density at radius 2 is 2.26 bits per heavy atom. The minimum absolute atomic E-state index is 0.150. The van der Waals surface area contributed by atoms with Crippen LogP contribution in [0.1, 0.15) is 5.56 Å². The zero-order valence-electron chi connectivity index (χ0n) is 11.9. The number of aromatic nitrogens is 2. The number of carbonyl (C=O) groups is 1. The van der Waals surface area contributed by atoms with E-state index in [-0.39, 0.29) is 11.3 Å². The van der Waals surface area contributed by atoms with Gasteiger partial charge in [-0.15, -0.1) is 11.3 Å². The van der Waals surface area contributed by atoms with Crippen LogP contribution < -0.4 is 5.56 Å². The number of hydrogen-bond donors (Lipinski definition) is 2. The van der Waals surface area contributed by atoms with Crippen LogP contribution in [0.3, 0.4) is 0 Å². The summed E-state index contributed by atoms with van der Waals surface area (Å²) < 4.78 is 0. The van der Waals surface area contributed by atoms with Gasteiger partial charge in [0.1, 0.15) is 4.83 Å². The van der Waals surface area contributed by atoms with Crippen molar-refractivity contribution >= 4 is 50.9 Å². The third-order valence-electron chi connectivity index (χ3n) is 3.22. The van der Waals surface area contributed by atoms with Crippen LogP contribution in [-0.2, 0) is 4.79 Å². The number of carboxylic acid groups (broad SMARTS) is 1. The van der Waals surface area contributed by atoms with Crippen LogP contribution in [0, 0.1) is 6.92 Å². The maximum Gasteiger partial charge on any atom is 0.313 e. The SMILES string of the molecule is Cc1cc(-c2csc3nc(SCC(=O)O)[nH]c(=O)c23)ccc1Cl. The highest BCUT2D eigenvalue weighted by Crippen LogP contribution is 2.33. The lowest BCUT2D eigenvalue weighted by atomic mass is 10.0. The molecule has 5 nitrogen and oxygen atoms in total. The number of rotatable bonds is 4. The van der Waals surface area contributed by atoms with Gasteiger partial charge in [0.05, 0.1) is 11.1 Å². The first-order valence-corrected chi connectivity index (χ1v) is 8.82. The fourth-order valence-corrected chi connectivity index (χ4v) is 3.86. The van der Waals surface area contributed by atoms with Crippen LogP contribution >= 0.6 is 34.7 Å². The van der Waals surface area contributed by atoms with Crippen LogP contribution in [0.15, 0.2) is 33.5 Å². The van der Waals surface area contributed by atoms with Crippen molar-refractivity contribution in [3.8, 4) is 11.1 Å². The summed E-state index contributed by atoms with van der Waals surface area (Å²) in [5, 5.41) is 12.1. The molecule has 0 fully saturated rings. The number of halogens is 1. The van der Waals surface area contributed by atoms with Crippen molar-refractivity contribution in [3.05, 3.63) is 44.5 Å². The Kier molecular flexibility index (Phi) is 4.43. The highest BCUT2D eigenvalue weighted by atomic mass is 35.5. The molecule has 2 N–H and O–H groups in total. The van der Waals surface area contributed by atoms with E-state index in [9.17, 15) is 9.59 Å². The Morgan fingerprint density at radius 3 is 2.96 bits per heavy atom. The van der Waals surface area contributed by atoms with Gasteiger partial charge in [-0.25, -0.2) is 4.98 Å². The number of H-pyrrole nitrogens is 1. The summed E-state index contributed by atoms with van der Waals surface area (Å²) in [6.45, 7) is 1.91. The van der Waals surface area contributed by atoms with Gasteiger partial charge in [0.25, 0.3) is 5.56 Å². The van der Waals surface area contributed by atoms with Crippen molar-refractivity contribution in [2.24, 2.45) is 0 Å². The molecular formula is C15H11ClN2O3S2. The van der Waals surface area contributed by atoms with Crippen molar-refractivity contribution in [1.82, 2.24) is 9.97 Å². The smallest absolute Gasteiger partial charge is 0.313 e. The lowest BCUT2D eigenvalue weighted by molar-refractivity contribution is -0.133. The molecule has 3 aromatic rings. The predicted octanol–water partition coefficient (Wildman–Crippen LogP) is 3.79. The predicted molar refractivity (Wildman–Crippen MR) is 93.8 cm³/mol. The van der Waals surface area contributed by atoms with E-state index >= 15 is 0 Å². The van der Waals surface area contributed by atoms with E-state index in [1.807, 2.05) is 24.4 Å². The van der Waals surface area contributed by atoms with Crippen molar-refractivity contribution < 1.29 is 9.90 Å². The summed E-state index contributed by atoms with van der Waals surface area (Å²) in [5.74, 6) is -1.11. The van der Waals surface area contributed by atoms with Gasteiger partial charge in [-0.2, -0.15) is 0 Å². The average Bonchev–Trinajstić information content (AvgIpc) is 2.92. The number of benzene rings is 1. The summed E-state index contributed by atoms with van der Waals surface area (Å²) in [4.78, 5) is 30.6. The summed E-state index contributed by atoms with van der Waals surface area (Å²) >= 11 is 8.39. The molecule has 0 amide bonds. The van der Waals surface area contributed by atoms with E-state index in [2.05, 4.69) is 9.97 Å². The number of carboxylic acids is 1. The van der Waals surface area contributed by atoms with Gasteiger partial charge in [0.2, 0.25) is 0 Å². The monoisotopic (exact) mass is 366 g/mol. The number of nitrogens with zero attached hydrogens (tertiary/aromatic N) is 1. The summed E-state index contributed by atoms with van der Waals surface area (Å²) in [5.41, 5.74) is 2.36. The van der Waals surface area contributed by atoms with Crippen LogP contribution in [0.5, 0.6) is 0 Å². The van der Waals surface area contributed by atoms with E-state index in [0.717, 1.165) is 28.5 Å². The molecular weight excluding hydrogens is 356 g/mol. The number of fused-ring (bicyclic) bond motifs is 1. The molecule has 0 aliphatic carbocycles. The number of aryl methyl sites for hydroxylation is 1. The molecule has 0 aliphatic heterocycles. The molecule has 2 heterocycles. The normalized spacial score (nSPS) is 11.0. The fraction of sp³-hybridized carbons (Fsp3) is 0.133. The number of thiophene rings is 1. The third kappa shape index (κ3) is 3.26. The van der Waals surface area contributed by atoms with Gasteiger partial charge in [-0.3, -0.25) is 9.59 Å². The molecule has 0 radical (unpaired) electrons. The number of thioether (sulfide) groups is 1. The minimum atomic E-state index is -0.957. The Hall–Kier alpha value is -1.83. The molecule has 8 heteroatoms. The minimum Gasteiger partial charge on any atom is -0.481 e. The topological polar surface area (TPSA) is 83.0 Å². The maximum atomic E-state index is 12.4. The van der Waals surface area contributed by atoms with Gasteiger partial charge in [0, 0.05) is 16.0 Å². The lowest BCUT2D eigenvalue weighted by Crippen LogP contribution is -2.09. The summed E-state index contributed by atoms with van der Waals surface area (Å²) in [7, 11) is 0. The maximum absolute atomic E-state index is 12.4. The first-order valence-electron chi connectivity index (χ1n) is 6.58. The lowest BCUT2D eigenvalue weighted by Gasteiger charge is -2.03. The Balaban J connectivity index is 2.08. The Bertz CT molecular complexity index is 965. The van der Waals surface area contributed by atoms with Crippen LogP contribution in [-0.4, -0.2) is 26.8 Å². The van der Waals surface area contributed by atoms with E-state index in [1.54, 1.807) is 6.07 Å². The quantitative estimate of drug-likeness (QED) is 0.542. The van der Waals surface area contributed by atoms with E-state index in [0.29, 0.717) is 20.4 Å². The van der Waals surface area contributed by atoms with Crippen LogP contribution in [0.25, 0.3) is 21.3 Å². The van der Waals surface area contributed by atoms with E-state index in [1.165, 1.54) is 11.3 Å². The molecule has 0 unspecified atom stereocenters. The molecule has 0 aliphatic rings. The molecule has 23 heavy (non-hydrogen) atoms. The molecule has 3 rings (SSSR count). The molecule has 0 saturated carbocycles. The van der Waals surface area contributed by atoms with Gasteiger partial charge in [-0.05, 0) is 30.2 Å². The average molecular weight is 367 g/mol. The summed E-state index contributed by atoms with van der Waals surface area (Å²) in [6.07, 6.45) is 0. The van der Waals surface area contributed by atoms with Crippen molar-refractivity contribution in [1.29, 1.82) is 0 Å². The number of nitrogens with one attached hydrogen (secondary N) is 1. The van der Waals surface area contributed by atoms with Crippen LogP contribution in [0.4, 0.5) is 0 Å². The van der Waals surface area contributed by atoms with Gasteiger partial charge in [0.15, 0.2) is 5.16 Å². The summed E-state index contributed by atoms with van der Waals surface area (Å²) in [6, 6.07) is 5.59. The van der Waals surface area contributed by atoms with Crippen molar-refractivity contribution in [2.45, 2.75) is 12.1 Å². The van der Waals surface area contributed by atoms with Gasteiger partial charge in [-0.1, -0.05) is 29.4 Å². The van der Waals surface area contributed by atoms with Gasteiger partial charge < -0.3 is 10.1 Å². The van der Waals surface area contributed by atoms with E-state index in [4.69, 9.17) is 16.7 Å². The second kappa shape index (κ2) is 6.35. The molecule has 0 bridgehead atoms. The highest BCUT2D eigenvalue weighted by Gasteiger charge is 2.14.